The lowest BCUT2D eigenvalue weighted by atomic mass is 10.2. The van der Waals surface area contributed by atoms with Crippen molar-refractivity contribution >= 4 is 34.3 Å². The van der Waals surface area contributed by atoms with Crippen molar-refractivity contribution in [1.29, 1.82) is 0 Å². The first-order chi connectivity index (χ1) is 15.2. The topological polar surface area (TPSA) is 70.6 Å². The van der Waals surface area contributed by atoms with Gasteiger partial charge in [0.05, 0.1) is 18.2 Å². The summed E-state index contributed by atoms with van der Waals surface area (Å²) in [6.07, 6.45) is 0. The molecule has 0 bridgehead atoms. The first kappa shape index (κ1) is 22.5. The molecule has 0 spiro atoms. The number of methoxy groups -OCH3 is 1. The Kier molecular flexibility index (Phi) is 7.78. The summed E-state index contributed by atoms with van der Waals surface area (Å²) in [4.78, 5) is 25.9. The number of likely N-dealkylation sites (N-methyl/N-ethyl adjacent to an activating group) is 1. The number of para-hydroxylation sites is 1. The van der Waals surface area contributed by atoms with Gasteiger partial charge < -0.3 is 19.9 Å². The number of hydrogen-bond donors (Lipinski definition) is 1. The monoisotopic (exact) mass is 421 g/mol. The molecule has 0 radical (unpaired) electrons. The van der Waals surface area contributed by atoms with Crippen molar-refractivity contribution in [2.45, 2.75) is 20.8 Å². The van der Waals surface area contributed by atoms with Crippen molar-refractivity contribution in [3.8, 4) is 0 Å². The van der Waals surface area contributed by atoms with Gasteiger partial charge in [-0.3, -0.25) is 0 Å². The minimum atomic E-state index is -0.355. The van der Waals surface area contributed by atoms with E-state index >= 15 is 0 Å². The Balaban J connectivity index is 0.00000132. The second-order valence-electron chi connectivity index (χ2n) is 7.00. The number of carbonyl (C=O) groups is 1. The summed E-state index contributed by atoms with van der Waals surface area (Å²) >= 11 is 0. The molecule has 0 saturated carbocycles. The van der Waals surface area contributed by atoms with Crippen LogP contribution in [0.25, 0.3) is 10.9 Å². The molecule has 7 heteroatoms. The van der Waals surface area contributed by atoms with Crippen LogP contribution in [0.1, 0.15) is 31.1 Å². The average Bonchev–Trinajstić information content (AvgIpc) is 2.85. The number of rotatable bonds is 5. The Labute approximate surface area is 184 Å². The smallest absolute Gasteiger partial charge is 0.337 e. The maximum atomic E-state index is 11.6. The van der Waals surface area contributed by atoms with Crippen LogP contribution in [0.5, 0.6) is 0 Å². The van der Waals surface area contributed by atoms with Crippen LogP contribution < -0.4 is 10.2 Å². The first-order valence-corrected chi connectivity index (χ1v) is 10.9. The summed E-state index contributed by atoms with van der Waals surface area (Å²) in [6.45, 7) is 11.2. The van der Waals surface area contributed by atoms with E-state index in [1.54, 1.807) is 12.1 Å². The van der Waals surface area contributed by atoms with Crippen molar-refractivity contribution in [3.05, 3.63) is 54.1 Å². The molecule has 164 valence electrons. The predicted molar refractivity (Wildman–Crippen MR) is 126 cm³/mol. The number of nitrogens with one attached hydrogen (secondary N) is 1. The maximum Gasteiger partial charge on any atom is 0.337 e. The van der Waals surface area contributed by atoms with Gasteiger partial charge in [0, 0.05) is 37.3 Å². The van der Waals surface area contributed by atoms with Gasteiger partial charge in [0.1, 0.15) is 5.82 Å². The van der Waals surface area contributed by atoms with Crippen molar-refractivity contribution in [2.75, 3.05) is 50.1 Å². The van der Waals surface area contributed by atoms with E-state index in [-0.39, 0.29) is 5.97 Å². The Morgan fingerprint density at radius 1 is 1.00 bits per heavy atom. The number of piperazine rings is 1. The predicted octanol–water partition coefficient (Wildman–Crippen LogP) is 4.33. The number of fused-ring (bicyclic) bond motifs is 1. The minimum Gasteiger partial charge on any atom is -0.465 e. The largest absolute Gasteiger partial charge is 0.465 e. The molecule has 0 atom stereocenters. The Morgan fingerprint density at radius 3 is 2.32 bits per heavy atom. The van der Waals surface area contributed by atoms with Crippen LogP contribution in [0, 0.1) is 0 Å². The van der Waals surface area contributed by atoms with Gasteiger partial charge >= 0.3 is 5.97 Å². The SMILES string of the molecule is CC.CCN1CCN(c2nc(Nc3ccc(C(=O)OC)cc3)nc3ccccc23)CC1. The zero-order valence-electron chi connectivity index (χ0n) is 18.8. The van der Waals surface area contributed by atoms with Gasteiger partial charge in [-0.05, 0) is 42.9 Å². The summed E-state index contributed by atoms with van der Waals surface area (Å²) in [5.74, 6) is 1.15. The summed E-state index contributed by atoms with van der Waals surface area (Å²) in [5, 5.41) is 4.33. The van der Waals surface area contributed by atoms with Gasteiger partial charge in [0.2, 0.25) is 5.95 Å². The van der Waals surface area contributed by atoms with Gasteiger partial charge in [-0.2, -0.15) is 4.98 Å². The normalized spacial score (nSPS) is 14.0. The maximum absolute atomic E-state index is 11.6. The Morgan fingerprint density at radius 2 is 1.68 bits per heavy atom. The van der Waals surface area contributed by atoms with E-state index in [9.17, 15) is 4.79 Å². The second-order valence-corrected chi connectivity index (χ2v) is 7.00. The summed E-state index contributed by atoms with van der Waals surface area (Å²) in [6, 6.07) is 15.2. The lowest BCUT2D eigenvalue weighted by Crippen LogP contribution is -2.46. The van der Waals surface area contributed by atoms with Crippen LogP contribution in [0.15, 0.2) is 48.5 Å². The molecular weight excluding hydrogens is 390 g/mol. The number of esters is 1. The van der Waals surface area contributed by atoms with E-state index in [0.717, 1.165) is 55.1 Å². The average molecular weight is 422 g/mol. The number of nitrogens with zero attached hydrogens (tertiary/aromatic N) is 4. The van der Waals surface area contributed by atoms with Crippen molar-refractivity contribution in [3.63, 3.8) is 0 Å². The standard InChI is InChI=1S/C22H25N5O2.C2H6/c1-3-26-12-14-27(15-13-26)20-18-6-4-5-7-19(18)24-22(25-20)23-17-10-8-16(9-11-17)21(28)29-2;1-2/h4-11H,3,12-15H2,1-2H3,(H,23,24,25);1-2H3. The van der Waals surface area contributed by atoms with Crippen LogP contribution in [0.2, 0.25) is 0 Å². The van der Waals surface area contributed by atoms with Gasteiger partial charge in [0.15, 0.2) is 0 Å². The van der Waals surface area contributed by atoms with E-state index in [1.807, 2.05) is 44.2 Å². The van der Waals surface area contributed by atoms with Gasteiger partial charge in [-0.15, -0.1) is 0 Å². The molecule has 0 amide bonds. The molecule has 2 aromatic carbocycles. The zero-order chi connectivity index (χ0) is 22.2. The van der Waals surface area contributed by atoms with E-state index in [2.05, 4.69) is 33.1 Å². The lowest BCUT2D eigenvalue weighted by molar-refractivity contribution is 0.0601. The summed E-state index contributed by atoms with van der Waals surface area (Å²) < 4.78 is 4.75. The number of ether oxygens (including phenoxy) is 1. The molecule has 1 aliphatic heterocycles. The number of carbonyl (C=O) groups excluding carboxylic acids is 1. The molecule has 0 aliphatic carbocycles. The Bertz CT molecular complexity index is 999. The fourth-order valence-electron chi connectivity index (χ4n) is 3.57. The molecule has 1 aliphatic rings. The Hall–Kier alpha value is -3.19. The van der Waals surface area contributed by atoms with Gasteiger partial charge in [-0.1, -0.05) is 32.9 Å². The highest BCUT2D eigenvalue weighted by atomic mass is 16.5. The van der Waals surface area contributed by atoms with E-state index < -0.39 is 0 Å². The minimum absolute atomic E-state index is 0.355. The third-order valence-corrected chi connectivity index (χ3v) is 5.26. The van der Waals surface area contributed by atoms with Crippen molar-refractivity contribution < 1.29 is 9.53 Å². The first-order valence-electron chi connectivity index (χ1n) is 10.9. The van der Waals surface area contributed by atoms with Gasteiger partial charge in [0.25, 0.3) is 0 Å². The molecule has 2 heterocycles. The van der Waals surface area contributed by atoms with Crippen LogP contribution in [0.4, 0.5) is 17.5 Å². The highest BCUT2D eigenvalue weighted by Crippen LogP contribution is 2.27. The fourth-order valence-corrected chi connectivity index (χ4v) is 3.57. The van der Waals surface area contributed by atoms with Gasteiger partial charge in [-0.25, -0.2) is 9.78 Å². The molecule has 4 rings (SSSR count). The zero-order valence-corrected chi connectivity index (χ0v) is 18.8. The number of hydrogen-bond acceptors (Lipinski definition) is 7. The van der Waals surface area contributed by atoms with Crippen molar-refractivity contribution in [2.24, 2.45) is 0 Å². The second kappa shape index (κ2) is 10.7. The third kappa shape index (κ3) is 5.30. The summed E-state index contributed by atoms with van der Waals surface area (Å²) in [7, 11) is 1.37. The third-order valence-electron chi connectivity index (χ3n) is 5.26. The fraction of sp³-hybridized carbons (Fsp3) is 0.375. The molecule has 7 nitrogen and oxygen atoms in total. The quantitative estimate of drug-likeness (QED) is 0.615. The number of anilines is 3. The van der Waals surface area contributed by atoms with Crippen LogP contribution in [-0.2, 0) is 4.74 Å². The number of aromatic nitrogens is 2. The molecule has 1 N–H and O–H groups in total. The molecule has 31 heavy (non-hydrogen) atoms. The van der Waals surface area contributed by atoms with Crippen molar-refractivity contribution in [1.82, 2.24) is 14.9 Å². The molecule has 0 unspecified atom stereocenters. The molecule has 1 saturated heterocycles. The van der Waals surface area contributed by atoms with E-state index in [4.69, 9.17) is 9.72 Å². The molecular formula is C24H31N5O2. The van der Waals surface area contributed by atoms with E-state index in [1.165, 1.54) is 7.11 Å². The lowest BCUT2D eigenvalue weighted by Gasteiger charge is -2.35. The number of benzene rings is 2. The molecule has 3 aromatic rings. The molecule has 1 aromatic heterocycles. The van der Waals surface area contributed by atoms with Crippen LogP contribution in [0.3, 0.4) is 0 Å². The summed E-state index contributed by atoms with van der Waals surface area (Å²) in [5.41, 5.74) is 2.23. The highest BCUT2D eigenvalue weighted by Gasteiger charge is 2.20. The van der Waals surface area contributed by atoms with Crippen LogP contribution in [-0.4, -0.2) is 60.7 Å². The van der Waals surface area contributed by atoms with E-state index in [0.29, 0.717) is 11.5 Å². The van der Waals surface area contributed by atoms with Crippen LogP contribution >= 0.6 is 0 Å². The molecule has 1 fully saturated rings. The highest BCUT2D eigenvalue weighted by molar-refractivity contribution is 5.91.